The van der Waals surface area contributed by atoms with Gasteiger partial charge in [0.2, 0.25) is 5.75 Å². The SMILES string of the molecule is C=C(/C=C(\CN(I)PC)c1ccc(F)cc1)Cn1cnc(C(F)(F)F)c(Oc2cc(Cl)cc(C#N)c2)c1=O. The van der Waals surface area contributed by atoms with E-state index in [0.29, 0.717) is 20.8 Å². The van der Waals surface area contributed by atoms with Gasteiger partial charge in [-0.15, -0.1) is 0 Å². The summed E-state index contributed by atoms with van der Waals surface area (Å²) in [5.74, 6) is -1.68. The van der Waals surface area contributed by atoms with Gasteiger partial charge in [-0.05, 0) is 62.4 Å². The summed E-state index contributed by atoms with van der Waals surface area (Å²) in [4.78, 5) is 16.6. The predicted octanol–water partition coefficient (Wildman–Crippen LogP) is 7.23. The van der Waals surface area contributed by atoms with Gasteiger partial charge in [0.1, 0.15) is 11.6 Å². The lowest BCUT2D eigenvalue weighted by atomic mass is 10.0. The molecule has 198 valence electrons. The van der Waals surface area contributed by atoms with E-state index in [2.05, 4.69) is 34.4 Å². The van der Waals surface area contributed by atoms with Crippen molar-refractivity contribution in [1.82, 2.24) is 12.4 Å². The van der Waals surface area contributed by atoms with E-state index >= 15 is 0 Å². The van der Waals surface area contributed by atoms with Crippen LogP contribution in [-0.4, -0.2) is 25.6 Å². The Hall–Kier alpha value is -2.78. The Morgan fingerprint density at radius 3 is 2.61 bits per heavy atom. The van der Waals surface area contributed by atoms with Gasteiger partial charge in [0.15, 0.2) is 5.69 Å². The maximum atomic E-state index is 13.7. The summed E-state index contributed by atoms with van der Waals surface area (Å²) in [6.07, 6.45) is -2.52. The van der Waals surface area contributed by atoms with E-state index in [1.54, 1.807) is 18.2 Å². The number of aromatic nitrogens is 2. The van der Waals surface area contributed by atoms with Gasteiger partial charge in [-0.1, -0.05) is 36.4 Å². The lowest BCUT2D eigenvalue weighted by Crippen LogP contribution is -2.26. The van der Waals surface area contributed by atoms with Crippen molar-refractivity contribution in [3.63, 3.8) is 0 Å². The zero-order chi connectivity index (χ0) is 28.0. The van der Waals surface area contributed by atoms with Crippen LogP contribution in [-0.2, 0) is 12.7 Å². The normalized spacial score (nSPS) is 12.2. The van der Waals surface area contributed by atoms with Crippen LogP contribution in [0.15, 0.2) is 71.8 Å². The Bertz CT molecular complexity index is 1470. The van der Waals surface area contributed by atoms with E-state index in [4.69, 9.17) is 21.6 Å². The number of ether oxygens (including phenoxy) is 1. The van der Waals surface area contributed by atoms with Crippen molar-refractivity contribution < 1.29 is 22.3 Å². The predicted molar refractivity (Wildman–Crippen MR) is 148 cm³/mol. The van der Waals surface area contributed by atoms with Crippen LogP contribution >= 0.6 is 43.2 Å². The zero-order valence-electron chi connectivity index (χ0n) is 19.7. The zero-order valence-corrected chi connectivity index (χ0v) is 23.6. The number of hydrogen-bond donors (Lipinski definition) is 0. The molecule has 1 aromatic heterocycles. The van der Waals surface area contributed by atoms with Gasteiger partial charge in [-0.2, -0.15) is 18.4 Å². The summed E-state index contributed by atoms with van der Waals surface area (Å²) in [7, 11) is 0.468. The molecule has 6 nitrogen and oxygen atoms in total. The summed E-state index contributed by atoms with van der Waals surface area (Å²) in [6.45, 7) is 6.22. The van der Waals surface area contributed by atoms with Crippen molar-refractivity contribution in [1.29, 1.82) is 5.26 Å². The highest BCUT2D eigenvalue weighted by Gasteiger charge is 2.38. The molecule has 0 aliphatic rings. The van der Waals surface area contributed by atoms with E-state index in [1.165, 1.54) is 24.3 Å². The molecule has 0 bridgehead atoms. The number of hydrogen-bond acceptors (Lipinski definition) is 5. The van der Waals surface area contributed by atoms with Crippen LogP contribution in [0.1, 0.15) is 16.8 Å². The first kappa shape index (κ1) is 29.8. The first-order chi connectivity index (χ1) is 17.9. The van der Waals surface area contributed by atoms with Crippen molar-refractivity contribution in [3.05, 3.63) is 105 Å². The summed E-state index contributed by atoms with van der Waals surface area (Å²) < 4.78 is 62.7. The molecule has 0 fully saturated rings. The average Bonchev–Trinajstić information content (AvgIpc) is 2.85. The standard InChI is InChI=1S/C25H19ClF4IN4O2P/c1-15(7-18(13-35(31)38-2)17-3-5-20(27)6-4-17)12-34-14-33-23(25(28,29)30)22(24(34)36)37-21-9-16(11-32)8-19(26)10-21/h3-10,14,38H,1,12-13H2,2H3/b18-7+. The van der Waals surface area contributed by atoms with Crippen LogP contribution < -0.4 is 10.3 Å². The number of halogens is 6. The molecule has 0 aliphatic heterocycles. The highest BCUT2D eigenvalue weighted by atomic mass is 127. The monoisotopic (exact) mass is 676 g/mol. The molecule has 1 unspecified atom stereocenters. The fourth-order valence-electron chi connectivity index (χ4n) is 3.30. The summed E-state index contributed by atoms with van der Waals surface area (Å²) in [6, 6.07) is 11.3. The number of rotatable bonds is 9. The summed E-state index contributed by atoms with van der Waals surface area (Å²) in [5, 5.41) is 9.16. The fraction of sp³-hybridized carbons (Fsp3) is 0.160. The molecule has 3 rings (SSSR count). The van der Waals surface area contributed by atoms with Crippen LogP contribution in [0.25, 0.3) is 5.57 Å². The van der Waals surface area contributed by atoms with Crippen molar-refractivity contribution in [3.8, 4) is 17.6 Å². The van der Waals surface area contributed by atoms with Crippen LogP contribution in [0, 0.1) is 17.1 Å². The van der Waals surface area contributed by atoms with Gasteiger partial charge in [-0.3, -0.25) is 9.36 Å². The quantitative estimate of drug-likeness (QED) is 0.0787. The summed E-state index contributed by atoms with van der Waals surface area (Å²) >= 11 is 8.07. The number of benzene rings is 2. The average molecular weight is 677 g/mol. The van der Waals surface area contributed by atoms with Crippen LogP contribution in [0.2, 0.25) is 5.02 Å². The molecule has 13 heteroatoms. The second kappa shape index (κ2) is 12.8. The first-order valence-corrected chi connectivity index (χ1v) is 13.5. The van der Waals surface area contributed by atoms with E-state index in [9.17, 15) is 22.4 Å². The highest BCUT2D eigenvalue weighted by Crippen LogP contribution is 2.35. The lowest BCUT2D eigenvalue weighted by molar-refractivity contribution is -0.142. The third kappa shape index (κ3) is 7.86. The summed E-state index contributed by atoms with van der Waals surface area (Å²) in [5.41, 5.74) is -0.703. The minimum atomic E-state index is -4.98. The van der Waals surface area contributed by atoms with Crippen molar-refractivity contribution in [2.75, 3.05) is 13.2 Å². The Labute approximate surface area is 236 Å². The third-order valence-corrected chi connectivity index (χ3v) is 7.65. The molecule has 1 atom stereocenters. The second-order valence-electron chi connectivity index (χ2n) is 7.82. The van der Waals surface area contributed by atoms with E-state index < -0.39 is 29.0 Å². The van der Waals surface area contributed by atoms with Crippen molar-refractivity contribution in [2.45, 2.75) is 12.7 Å². The molecule has 0 amide bonds. The number of nitriles is 1. The molecule has 0 N–H and O–H groups in total. The van der Waals surface area contributed by atoms with Gasteiger partial charge < -0.3 is 4.74 Å². The van der Waals surface area contributed by atoms with Gasteiger partial charge >= 0.3 is 6.18 Å². The van der Waals surface area contributed by atoms with Crippen LogP contribution in [0.3, 0.4) is 0 Å². The first-order valence-electron chi connectivity index (χ1n) is 10.7. The molecule has 0 saturated carbocycles. The molecule has 0 saturated heterocycles. The molecular weight excluding hydrogens is 658 g/mol. The molecule has 0 spiro atoms. The molecule has 0 aliphatic carbocycles. The number of alkyl halides is 3. The Morgan fingerprint density at radius 2 is 2.00 bits per heavy atom. The highest BCUT2D eigenvalue weighted by molar-refractivity contribution is 14.1. The van der Waals surface area contributed by atoms with E-state index in [-0.39, 0.29) is 22.9 Å². The van der Waals surface area contributed by atoms with Gasteiger partial charge in [0, 0.05) is 34.4 Å². The molecule has 2 aromatic carbocycles. The Balaban J connectivity index is 2.00. The number of allylic oxidation sites excluding steroid dienone is 2. The molecular formula is C25H19ClF4IN4O2P. The maximum Gasteiger partial charge on any atom is 0.437 e. The van der Waals surface area contributed by atoms with E-state index in [1.807, 2.05) is 15.6 Å². The topological polar surface area (TPSA) is 71.2 Å². The second-order valence-corrected chi connectivity index (χ2v) is 11.3. The fourth-order valence-corrected chi connectivity index (χ4v) is 4.23. The molecule has 38 heavy (non-hydrogen) atoms. The smallest absolute Gasteiger partial charge is 0.437 e. The van der Waals surface area contributed by atoms with E-state index in [0.717, 1.165) is 28.1 Å². The molecule has 1 heterocycles. The van der Waals surface area contributed by atoms with Crippen molar-refractivity contribution in [2.24, 2.45) is 0 Å². The Kier molecular flexibility index (Phi) is 10.1. The van der Waals surface area contributed by atoms with Crippen LogP contribution in [0.5, 0.6) is 11.5 Å². The lowest BCUT2D eigenvalue weighted by Gasteiger charge is -2.17. The maximum absolute atomic E-state index is 13.7. The molecule has 0 radical (unpaired) electrons. The minimum Gasteiger partial charge on any atom is -0.449 e. The number of nitrogens with zero attached hydrogens (tertiary/aromatic N) is 4. The van der Waals surface area contributed by atoms with Gasteiger partial charge in [-0.25, -0.2) is 12.3 Å². The Morgan fingerprint density at radius 1 is 1.32 bits per heavy atom. The minimum absolute atomic E-state index is 0.0362. The van der Waals surface area contributed by atoms with Crippen molar-refractivity contribution >= 4 is 48.8 Å². The van der Waals surface area contributed by atoms with Gasteiger partial charge in [0.05, 0.1) is 24.5 Å². The molecule has 3 aromatic rings. The third-order valence-electron chi connectivity index (χ3n) is 5.00. The van der Waals surface area contributed by atoms with Crippen LogP contribution in [0.4, 0.5) is 17.6 Å². The van der Waals surface area contributed by atoms with Gasteiger partial charge in [0.25, 0.3) is 5.56 Å². The largest absolute Gasteiger partial charge is 0.449 e.